The molecule has 0 unspecified atom stereocenters. The Morgan fingerprint density at radius 3 is 2.57 bits per heavy atom. The van der Waals surface area contributed by atoms with E-state index in [4.69, 9.17) is 11.6 Å². The smallest absolute Gasteiger partial charge is 0.283 e. The van der Waals surface area contributed by atoms with Crippen molar-refractivity contribution in [3.05, 3.63) is 39.7 Å². The summed E-state index contributed by atoms with van der Waals surface area (Å²) in [5.41, 5.74) is -0.698. The molecule has 0 N–H and O–H groups in total. The molecule has 0 saturated heterocycles. The van der Waals surface area contributed by atoms with Gasteiger partial charge in [0, 0.05) is 6.54 Å². The van der Waals surface area contributed by atoms with Crippen LogP contribution in [0.5, 0.6) is 0 Å². The first-order valence-corrected chi connectivity index (χ1v) is 6.64. The monoisotopic (exact) mass is 316 g/mol. The lowest BCUT2D eigenvalue weighted by Crippen LogP contribution is -2.06. The Balaban J connectivity index is 2.69. The van der Waals surface area contributed by atoms with Gasteiger partial charge in [-0.15, -0.1) is 21.8 Å². The molecule has 21 heavy (non-hydrogen) atoms. The molecular weight excluding hydrogens is 306 g/mol. The van der Waals surface area contributed by atoms with E-state index < -0.39 is 22.2 Å². The molecule has 9 heteroatoms. The Morgan fingerprint density at radius 2 is 2.00 bits per heavy atom. The van der Waals surface area contributed by atoms with E-state index in [-0.39, 0.29) is 17.3 Å². The van der Waals surface area contributed by atoms with Crippen molar-refractivity contribution in [2.45, 2.75) is 25.8 Å². The first kappa shape index (κ1) is 15.3. The van der Waals surface area contributed by atoms with Gasteiger partial charge in [-0.25, -0.2) is 8.78 Å². The van der Waals surface area contributed by atoms with Crippen molar-refractivity contribution in [3.63, 3.8) is 0 Å². The van der Waals surface area contributed by atoms with Crippen LogP contribution in [0.1, 0.15) is 19.2 Å². The number of benzene rings is 1. The average molecular weight is 317 g/mol. The second-order valence-corrected chi connectivity index (χ2v) is 4.53. The van der Waals surface area contributed by atoms with Gasteiger partial charge in [-0.1, -0.05) is 6.92 Å². The molecule has 1 heterocycles. The van der Waals surface area contributed by atoms with Crippen LogP contribution < -0.4 is 0 Å². The lowest BCUT2D eigenvalue weighted by atomic mass is 10.1. The fourth-order valence-electron chi connectivity index (χ4n) is 1.96. The maximum absolute atomic E-state index is 13.4. The molecule has 0 amide bonds. The molecule has 0 aliphatic rings. The van der Waals surface area contributed by atoms with Gasteiger partial charge >= 0.3 is 0 Å². The third kappa shape index (κ3) is 2.85. The molecule has 0 bridgehead atoms. The summed E-state index contributed by atoms with van der Waals surface area (Å²) in [5, 5.41) is 18.7. The number of rotatable bonds is 5. The number of aromatic nitrogens is 3. The van der Waals surface area contributed by atoms with Gasteiger partial charge < -0.3 is 4.57 Å². The Morgan fingerprint density at radius 1 is 1.33 bits per heavy atom. The minimum absolute atomic E-state index is 0.0600. The van der Waals surface area contributed by atoms with Gasteiger partial charge in [0.1, 0.15) is 11.4 Å². The molecule has 0 radical (unpaired) electrons. The highest BCUT2D eigenvalue weighted by Crippen LogP contribution is 2.31. The summed E-state index contributed by atoms with van der Waals surface area (Å²) in [6, 6.07) is 1.29. The highest BCUT2D eigenvalue weighted by molar-refractivity contribution is 6.16. The molecule has 0 saturated carbocycles. The zero-order valence-corrected chi connectivity index (χ0v) is 11.8. The standard InChI is InChI=1S/C12H11ClF2N4O2/c1-2-3-18-11(6-13)16-17-12(18)7-4-8(14)9(15)5-10(7)19(20)21/h4-5H,2-3,6H2,1H3. The van der Waals surface area contributed by atoms with Gasteiger partial charge in [-0.3, -0.25) is 10.1 Å². The van der Waals surface area contributed by atoms with Gasteiger partial charge in [0.2, 0.25) is 0 Å². The van der Waals surface area contributed by atoms with E-state index in [0.29, 0.717) is 24.9 Å². The number of nitro groups is 1. The van der Waals surface area contributed by atoms with E-state index in [1.54, 1.807) is 4.57 Å². The van der Waals surface area contributed by atoms with Crippen molar-refractivity contribution in [1.29, 1.82) is 0 Å². The van der Waals surface area contributed by atoms with Crippen molar-refractivity contribution in [2.24, 2.45) is 0 Å². The third-order valence-corrected chi connectivity index (χ3v) is 3.11. The van der Waals surface area contributed by atoms with Crippen LogP contribution in [-0.4, -0.2) is 19.7 Å². The van der Waals surface area contributed by atoms with Crippen molar-refractivity contribution in [2.75, 3.05) is 0 Å². The molecule has 0 atom stereocenters. The van der Waals surface area contributed by atoms with Crippen LogP contribution in [0.15, 0.2) is 12.1 Å². The molecule has 1 aromatic heterocycles. The van der Waals surface area contributed by atoms with Crippen LogP contribution in [0.4, 0.5) is 14.5 Å². The second kappa shape index (κ2) is 6.13. The maximum Gasteiger partial charge on any atom is 0.283 e. The predicted octanol–water partition coefficient (Wildman–Crippen LogP) is 3.28. The van der Waals surface area contributed by atoms with E-state index in [1.165, 1.54) is 0 Å². The summed E-state index contributed by atoms with van der Waals surface area (Å²) >= 11 is 5.74. The lowest BCUT2D eigenvalue weighted by Gasteiger charge is -2.08. The molecule has 112 valence electrons. The molecule has 1 aromatic carbocycles. The maximum atomic E-state index is 13.4. The van der Waals surface area contributed by atoms with Crippen LogP contribution >= 0.6 is 11.6 Å². The Hall–Kier alpha value is -2.09. The lowest BCUT2D eigenvalue weighted by molar-refractivity contribution is -0.384. The van der Waals surface area contributed by atoms with E-state index in [1.807, 2.05) is 6.92 Å². The fourth-order valence-corrected chi connectivity index (χ4v) is 2.16. The van der Waals surface area contributed by atoms with Gasteiger partial charge in [0.25, 0.3) is 5.69 Å². The SMILES string of the molecule is CCCn1c(CCl)nnc1-c1cc(F)c(F)cc1[N+](=O)[O-]. The van der Waals surface area contributed by atoms with E-state index in [9.17, 15) is 18.9 Å². The molecule has 2 rings (SSSR count). The van der Waals surface area contributed by atoms with Gasteiger partial charge in [-0.05, 0) is 12.5 Å². The Kier molecular flexibility index (Phi) is 4.46. The Labute approximate surface area is 123 Å². The summed E-state index contributed by atoms with van der Waals surface area (Å²) in [6.07, 6.45) is 0.701. The second-order valence-electron chi connectivity index (χ2n) is 4.27. The van der Waals surface area contributed by atoms with Crippen LogP contribution in [0.2, 0.25) is 0 Å². The molecule has 0 spiro atoms. The summed E-state index contributed by atoms with van der Waals surface area (Å²) < 4.78 is 28.2. The van der Waals surface area contributed by atoms with E-state index in [2.05, 4.69) is 10.2 Å². The summed E-state index contributed by atoms with van der Waals surface area (Å²) in [7, 11) is 0. The van der Waals surface area contributed by atoms with Crippen molar-refractivity contribution < 1.29 is 13.7 Å². The van der Waals surface area contributed by atoms with Crippen molar-refractivity contribution in [3.8, 4) is 11.4 Å². The third-order valence-electron chi connectivity index (χ3n) is 2.87. The molecular formula is C12H11ClF2N4O2. The number of hydrogen-bond donors (Lipinski definition) is 0. The van der Waals surface area contributed by atoms with Gasteiger partial charge in [0.05, 0.1) is 16.9 Å². The normalized spacial score (nSPS) is 10.9. The number of hydrogen-bond acceptors (Lipinski definition) is 4. The average Bonchev–Trinajstić information content (AvgIpc) is 2.84. The quantitative estimate of drug-likeness (QED) is 0.482. The summed E-state index contributed by atoms with van der Waals surface area (Å²) in [4.78, 5) is 10.2. The van der Waals surface area contributed by atoms with E-state index >= 15 is 0 Å². The molecule has 0 aliphatic carbocycles. The van der Waals surface area contributed by atoms with Crippen LogP contribution in [0, 0.1) is 21.7 Å². The van der Waals surface area contributed by atoms with Crippen molar-refractivity contribution >= 4 is 17.3 Å². The minimum Gasteiger partial charge on any atom is -0.310 e. The van der Waals surface area contributed by atoms with Crippen LogP contribution in [-0.2, 0) is 12.4 Å². The number of nitrogens with zero attached hydrogens (tertiary/aromatic N) is 4. The predicted molar refractivity (Wildman–Crippen MR) is 71.9 cm³/mol. The molecule has 2 aromatic rings. The van der Waals surface area contributed by atoms with E-state index in [0.717, 1.165) is 6.07 Å². The largest absolute Gasteiger partial charge is 0.310 e. The first-order chi connectivity index (χ1) is 9.99. The highest BCUT2D eigenvalue weighted by atomic mass is 35.5. The topological polar surface area (TPSA) is 73.8 Å². The highest BCUT2D eigenvalue weighted by Gasteiger charge is 2.24. The number of halogens is 3. The zero-order valence-electron chi connectivity index (χ0n) is 11.0. The Bertz CT molecular complexity index is 690. The zero-order chi connectivity index (χ0) is 15.6. The van der Waals surface area contributed by atoms with Crippen molar-refractivity contribution in [1.82, 2.24) is 14.8 Å². The first-order valence-electron chi connectivity index (χ1n) is 6.11. The minimum atomic E-state index is -1.29. The summed E-state index contributed by atoms with van der Waals surface area (Å²) in [6.45, 7) is 2.35. The molecule has 6 nitrogen and oxygen atoms in total. The number of alkyl halides is 1. The molecule has 0 fully saturated rings. The van der Waals surface area contributed by atoms with Gasteiger partial charge in [0.15, 0.2) is 17.5 Å². The molecule has 0 aliphatic heterocycles. The van der Waals surface area contributed by atoms with Crippen LogP contribution in [0.25, 0.3) is 11.4 Å². The summed E-state index contributed by atoms with van der Waals surface area (Å²) in [5.74, 6) is -1.91. The number of nitro benzene ring substituents is 1. The van der Waals surface area contributed by atoms with Crippen LogP contribution in [0.3, 0.4) is 0 Å². The van der Waals surface area contributed by atoms with Gasteiger partial charge in [-0.2, -0.15) is 0 Å². The fraction of sp³-hybridized carbons (Fsp3) is 0.333.